The minimum Gasteiger partial charge on any atom is -0.373 e. The van der Waals surface area contributed by atoms with E-state index in [0.717, 1.165) is 58.1 Å². The van der Waals surface area contributed by atoms with Crippen LogP contribution in [0.5, 0.6) is 0 Å². The topological polar surface area (TPSA) is 58.1 Å². The SMILES string of the molecule is CCNC(=NCC(C)(C)N1CC(C)OC(C)C1)NCC1(C)CCCO1. The van der Waals surface area contributed by atoms with Gasteiger partial charge >= 0.3 is 0 Å². The van der Waals surface area contributed by atoms with Gasteiger partial charge in [-0.3, -0.25) is 9.89 Å². The molecule has 0 aliphatic carbocycles. The maximum Gasteiger partial charge on any atom is 0.191 e. The van der Waals surface area contributed by atoms with E-state index in [4.69, 9.17) is 14.5 Å². The Morgan fingerprint density at radius 1 is 1.24 bits per heavy atom. The van der Waals surface area contributed by atoms with E-state index < -0.39 is 0 Å². The molecule has 6 nitrogen and oxygen atoms in total. The van der Waals surface area contributed by atoms with Gasteiger partial charge in [-0.05, 0) is 54.4 Å². The Morgan fingerprint density at radius 2 is 1.92 bits per heavy atom. The van der Waals surface area contributed by atoms with E-state index in [1.807, 2.05) is 0 Å². The fourth-order valence-corrected chi connectivity index (χ4v) is 3.63. The maximum absolute atomic E-state index is 5.87. The van der Waals surface area contributed by atoms with Gasteiger partial charge in [-0.15, -0.1) is 0 Å². The predicted molar refractivity (Wildman–Crippen MR) is 103 cm³/mol. The average molecular weight is 355 g/mol. The molecule has 3 unspecified atom stereocenters. The molecule has 2 aliphatic heterocycles. The van der Waals surface area contributed by atoms with Crippen molar-refractivity contribution in [2.45, 2.75) is 77.7 Å². The van der Waals surface area contributed by atoms with E-state index in [2.05, 4.69) is 57.1 Å². The van der Waals surface area contributed by atoms with E-state index in [1.165, 1.54) is 0 Å². The molecule has 146 valence electrons. The summed E-state index contributed by atoms with van der Waals surface area (Å²) in [4.78, 5) is 7.36. The van der Waals surface area contributed by atoms with E-state index in [9.17, 15) is 0 Å². The summed E-state index contributed by atoms with van der Waals surface area (Å²) in [5.74, 6) is 0.877. The Morgan fingerprint density at radius 3 is 2.48 bits per heavy atom. The molecule has 3 atom stereocenters. The minimum atomic E-state index is -0.0687. The van der Waals surface area contributed by atoms with Crippen LogP contribution in [-0.2, 0) is 9.47 Å². The molecule has 0 aromatic carbocycles. The summed E-state index contributed by atoms with van der Waals surface area (Å²) in [6, 6.07) is 0. The fourth-order valence-electron chi connectivity index (χ4n) is 3.63. The lowest BCUT2D eigenvalue weighted by Gasteiger charge is -2.44. The average Bonchev–Trinajstić information content (AvgIpc) is 2.96. The van der Waals surface area contributed by atoms with Gasteiger partial charge < -0.3 is 20.1 Å². The number of hydrogen-bond acceptors (Lipinski definition) is 4. The van der Waals surface area contributed by atoms with Gasteiger partial charge in [0.05, 0.1) is 24.4 Å². The minimum absolute atomic E-state index is 0.00239. The number of aliphatic imine (C=N–C) groups is 1. The molecule has 0 amide bonds. The van der Waals surface area contributed by atoms with Crippen LogP contribution in [0.2, 0.25) is 0 Å². The van der Waals surface area contributed by atoms with Crippen LogP contribution in [0, 0.1) is 0 Å². The van der Waals surface area contributed by atoms with Crippen molar-refractivity contribution in [3.63, 3.8) is 0 Å². The van der Waals surface area contributed by atoms with Crippen LogP contribution < -0.4 is 10.6 Å². The Labute approximate surface area is 153 Å². The van der Waals surface area contributed by atoms with Gasteiger partial charge in [-0.2, -0.15) is 0 Å². The van der Waals surface area contributed by atoms with Crippen molar-refractivity contribution < 1.29 is 9.47 Å². The quantitative estimate of drug-likeness (QED) is 0.564. The number of ether oxygens (including phenoxy) is 2. The first kappa shape index (κ1) is 20.5. The molecule has 2 aliphatic rings. The summed E-state index contributed by atoms with van der Waals surface area (Å²) in [5.41, 5.74) is -0.0663. The third-order valence-corrected chi connectivity index (χ3v) is 5.17. The largest absolute Gasteiger partial charge is 0.373 e. The molecule has 0 saturated carbocycles. The van der Waals surface area contributed by atoms with Gasteiger partial charge in [0, 0.05) is 38.3 Å². The first-order valence-corrected chi connectivity index (χ1v) is 9.81. The van der Waals surface area contributed by atoms with Crippen LogP contribution in [0.25, 0.3) is 0 Å². The first-order chi connectivity index (χ1) is 11.7. The number of morpholine rings is 1. The molecule has 0 bridgehead atoms. The highest BCUT2D eigenvalue weighted by atomic mass is 16.5. The summed E-state index contributed by atoms with van der Waals surface area (Å²) in [5, 5.41) is 6.82. The molecule has 2 saturated heterocycles. The van der Waals surface area contributed by atoms with Crippen molar-refractivity contribution >= 4 is 5.96 Å². The zero-order valence-corrected chi connectivity index (χ0v) is 17.0. The summed E-state index contributed by atoms with van der Waals surface area (Å²) < 4.78 is 11.7. The molecule has 6 heteroatoms. The molecular weight excluding hydrogens is 316 g/mol. The second-order valence-corrected chi connectivity index (χ2v) is 8.43. The summed E-state index contributed by atoms with van der Waals surface area (Å²) >= 11 is 0. The molecule has 2 heterocycles. The third kappa shape index (κ3) is 6.12. The van der Waals surface area contributed by atoms with Gasteiger partial charge in [-0.1, -0.05) is 0 Å². The van der Waals surface area contributed by atoms with Gasteiger partial charge in [0.25, 0.3) is 0 Å². The van der Waals surface area contributed by atoms with E-state index in [1.54, 1.807) is 0 Å². The van der Waals surface area contributed by atoms with Crippen molar-refractivity contribution in [1.29, 1.82) is 0 Å². The standard InChI is InChI=1S/C19H38N4O2/c1-7-20-17(22-14-19(6)9-8-10-24-19)21-13-18(4,5)23-11-15(2)25-16(3)12-23/h15-16H,7-14H2,1-6H3,(H2,20,21,22). The molecule has 0 radical (unpaired) electrons. The van der Waals surface area contributed by atoms with Crippen molar-refractivity contribution in [3.05, 3.63) is 0 Å². The third-order valence-electron chi connectivity index (χ3n) is 5.17. The van der Waals surface area contributed by atoms with Gasteiger partial charge in [-0.25, -0.2) is 0 Å². The van der Waals surface area contributed by atoms with Crippen LogP contribution >= 0.6 is 0 Å². The normalized spacial score (nSPS) is 32.0. The van der Waals surface area contributed by atoms with Gasteiger partial charge in [0.1, 0.15) is 0 Å². The van der Waals surface area contributed by atoms with Crippen molar-refractivity contribution in [2.75, 3.05) is 39.3 Å². The highest BCUT2D eigenvalue weighted by Crippen LogP contribution is 2.24. The van der Waals surface area contributed by atoms with E-state index >= 15 is 0 Å². The molecular formula is C19H38N4O2. The first-order valence-electron chi connectivity index (χ1n) is 9.81. The Kier molecular flexibility index (Phi) is 7.11. The van der Waals surface area contributed by atoms with E-state index in [-0.39, 0.29) is 23.3 Å². The number of hydrogen-bond donors (Lipinski definition) is 2. The number of nitrogens with zero attached hydrogens (tertiary/aromatic N) is 2. The molecule has 2 fully saturated rings. The second-order valence-electron chi connectivity index (χ2n) is 8.43. The van der Waals surface area contributed by atoms with Crippen molar-refractivity contribution in [1.82, 2.24) is 15.5 Å². The lowest BCUT2D eigenvalue weighted by Crippen LogP contribution is -2.56. The smallest absolute Gasteiger partial charge is 0.191 e. The second kappa shape index (κ2) is 8.69. The zero-order valence-electron chi connectivity index (χ0n) is 17.0. The van der Waals surface area contributed by atoms with Gasteiger partial charge in [0.2, 0.25) is 0 Å². The Bertz CT molecular complexity index is 437. The molecule has 2 rings (SSSR count). The lowest BCUT2D eigenvalue weighted by atomic mass is 10.0. The molecule has 2 N–H and O–H groups in total. The molecule has 0 aromatic heterocycles. The van der Waals surface area contributed by atoms with Crippen LogP contribution in [0.15, 0.2) is 4.99 Å². The molecule has 25 heavy (non-hydrogen) atoms. The lowest BCUT2D eigenvalue weighted by molar-refractivity contribution is -0.0939. The van der Waals surface area contributed by atoms with Crippen LogP contribution in [0.3, 0.4) is 0 Å². The van der Waals surface area contributed by atoms with Crippen molar-refractivity contribution in [3.8, 4) is 0 Å². The summed E-state index contributed by atoms with van der Waals surface area (Å²) in [6.45, 7) is 18.3. The Balaban J connectivity index is 1.93. The zero-order chi connectivity index (χ0) is 18.5. The highest BCUT2D eigenvalue weighted by molar-refractivity contribution is 5.79. The van der Waals surface area contributed by atoms with Crippen LogP contribution in [-0.4, -0.2) is 73.5 Å². The fraction of sp³-hybridized carbons (Fsp3) is 0.947. The van der Waals surface area contributed by atoms with Crippen molar-refractivity contribution in [2.24, 2.45) is 4.99 Å². The van der Waals surface area contributed by atoms with Crippen LogP contribution in [0.1, 0.15) is 54.4 Å². The number of nitrogens with one attached hydrogen (secondary N) is 2. The summed E-state index contributed by atoms with van der Waals surface area (Å²) in [7, 11) is 0. The molecule has 0 aromatic rings. The van der Waals surface area contributed by atoms with E-state index in [0.29, 0.717) is 0 Å². The maximum atomic E-state index is 5.87. The summed E-state index contributed by atoms with van der Waals surface area (Å²) in [6.07, 6.45) is 2.80. The monoisotopic (exact) mass is 354 g/mol. The van der Waals surface area contributed by atoms with Crippen LogP contribution in [0.4, 0.5) is 0 Å². The van der Waals surface area contributed by atoms with Gasteiger partial charge in [0.15, 0.2) is 5.96 Å². The predicted octanol–water partition coefficient (Wildman–Crippen LogP) is 2.00. The highest BCUT2D eigenvalue weighted by Gasteiger charge is 2.33. The Hall–Kier alpha value is -0.850. The molecule has 0 spiro atoms. The number of rotatable bonds is 6. The number of guanidine groups is 1.